The Balaban J connectivity index is 1.73. The summed E-state index contributed by atoms with van der Waals surface area (Å²) < 4.78 is 35.7. The van der Waals surface area contributed by atoms with E-state index in [1.807, 2.05) is 43.3 Å². The maximum absolute atomic E-state index is 12.6. The molecule has 0 spiro atoms. The minimum atomic E-state index is -4.06. The number of carbonyl (C=O) groups is 1. The van der Waals surface area contributed by atoms with Gasteiger partial charge in [0.15, 0.2) is 11.5 Å². The molecule has 0 radical (unpaired) electrons. The highest BCUT2D eigenvalue weighted by molar-refractivity contribution is 7.87. The molecule has 3 aromatic carbocycles. The van der Waals surface area contributed by atoms with Crippen molar-refractivity contribution in [2.45, 2.75) is 18.2 Å². The molecule has 1 N–H and O–H groups in total. The van der Waals surface area contributed by atoms with Gasteiger partial charge in [-0.3, -0.25) is 4.79 Å². The van der Waals surface area contributed by atoms with Crippen molar-refractivity contribution < 1.29 is 22.1 Å². The van der Waals surface area contributed by atoms with Crippen LogP contribution in [0.2, 0.25) is 0 Å². The molecule has 34 heavy (non-hydrogen) atoms. The zero-order valence-electron chi connectivity index (χ0n) is 18.8. The van der Waals surface area contributed by atoms with Crippen LogP contribution in [0.1, 0.15) is 16.7 Å². The van der Waals surface area contributed by atoms with E-state index in [2.05, 4.69) is 5.32 Å². The van der Waals surface area contributed by atoms with Crippen molar-refractivity contribution in [2.24, 2.45) is 0 Å². The van der Waals surface area contributed by atoms with Gasteiger partial charge in [-0.05, 0) is 54.8 Å². The molecule has 7 nitrogen and oxygen atoms in total. The third-order valence-electron chi connectivity index (χ3n) is 4.91. The maximum Gasteiger partial charge on any atom is 0.339 e. The third kappa shape index (κ3) is 6.47. The fourth-order valence-corrected chi connectivity index (χ4v) is 4.03. The van der Waals surface area contributed by atoms with Crippen LogP contribution in [0.25, 0.3) is 6.08 Å². The lowest BCUT2D eigenvalue weighted by Crippen LogP contribution is -2.26. The van der Waals surface area contributed by atoms with E-state index in [-0.39, 0.29) is 22.0 Å². The fraction of sp³-hybridized carbons (Fsp3) is 0.154. The highest BCUT2D eigenvalue weighted by Crippen LogP contribution is 2.31. The van der Waals surface area contributed by atoms with Crippen molar-refractivity contribution in [1.82, 2.24) is 5.32 Å². The first-order valence-corrected chi connectivity index (χ1v) is 11.9. The smallest absolute Gasteiger partial charge is 0.339 e. The average molecular weight is 477 g/mol. The summed E-state index contributed by atoms with van der Waals surface area (Å²) in [6, 6.07) is 22.3. The van der Waals surface area contributed by atoms with Gasteiger partial charge in [-0.25, -0.2) is 0 Å². The number of hydrogen-bond donors (Lipinski definition) is 1. The lowest BCUT2D eigenvalue weighted by atomic mass is 10.1. The minimum Gasteiger partial charge on any atom is -0.493 e. The highest BCUT2D eigenvalue weighted by atomic mass is 32.2. The van der Waals surface area contributed by atoms with Gasteiger partial charge in [-0.2, -0.15) is 13.7 Å². The average Bonchev–Trinajstić information content (AvgIpc) is 2.84. The van der Waals surface area contributed by atoms with Crippen LogP contribution in [0.4, 0.5) is 0 Å². The van der Waals surface area contributed by atoms with Gasteiger partial charge in [0.1, 0.15) is 16.5 Å². The predicted molar refractivity (Wildman–Crippen MR) is 129 cm³/mol. The summed E-state index contributed by atoms with van der Waals surface area (Å²) in [6.45, 7) is 2.24. The van der Waals surface area contributed by atoms with E-state index in [1.165, 1.54) is 43.5 Å². The van der Waals surface area contributed by atoms with Gasteiger partial charge >= 0.3 is 10.1 Å². The molecule has 0 heterocycles. The van der Waals surface area contributed by atoms with Crippen LogP contribution in [0.3, 0.4) is 0 Å². The van der Waals surface area contributed by atoms with E-state index in [0.717, 1.165) is 11.1 Å². The molecule has 8 heteroatoms. The second-order valence-electron chi connectivity index (χ2n) is 7.42. The van der Waals surface area contributed by atoms with Crippen molar-refractivity contribution in [2.75, 3.05) is 13.7 Å². The van der Waals surface area contributed by atoms with Crippen LogP contribution < -0.4 is 14.2 Å². The van der Waals surface area contributed by atoms with Crippen molar-refractivity contribution in [3.63, 3.8) is 0 Å². The zero-order chi connectivity index (χ0) is 24.6. The normalized spacial score (nSPS) is 11.4. The number of rotatable bonds is 9. The monoisotopic (exact) mass is 476 g/mol. The molecule has 0 aliphatic carbocycles. The quantitative estimate of drug-likeness (QED) is 0.284. The van der Waals surface area contributed by atoms with E-state index in [9.17, 15) is 18.5 Å². The van der Waals surface area contributed by atoms with Crippen LogP contribution in [-0.2, 0) is 21.3 Å². The number of benzene rings is 3. The Morgan fingerprint density at radius 1 is 1.03 bits per heavy atom. The molecular weight excluding hydrogens is 452 g/mol. The molecule has 174 valence electrons. The largest absolute Gasteiger partial charge is 0.493 e. The number of nitriles is 1. The predicted octanol–water partition coefficient (Wildman–Crippen LogP) is 4.04. The number of amides is 1. The third-order valence-corrected chi connectivity index (χ3v) is 6.16. The topological polar surface area (TPSA) is 105 Å². The molecule has 0 aliphatic heterocycles. The Morgan fingerprint density at radius 2 is 1.74 bits per heavy atom. The SMILES string of the molecule is COc1cc(/C=C(\C#N)C(=O)NCCc2ccccc2)ccc1OS(=O)(=O)c1ccc(C)cc1. The minimum absolute atomic E-state index is 0.00829. The molecule has 1 amide bonds. The molecule has 0 saturated carbocycles. The number of methoxy groups -OCH3 is 1. The van der Waals surface area contributed by atoms with Gasteiger partial charge < -0.3 is 14.2 Å². The zero-order valence-corrected chi connectivity index (χ0v) is 19.6. The van der Waals surface area contributed by atoms with Crippen molar-refractivity contribution in [3.05, 3.63) is 95.1 Å². The number of nitrogens with zero attached hydrogens (tertiary/aromatic N) is 1. The van der Waals surface area contributed by atoms with Crippen LogP contribution in [0.5, 0.6) is 11.5 Å². The van der Waals surface area contributed by atoms with Gasteiger partial charge in [0.25, 0.3) is 5.91 Å². The molecule has 0 saturated heterocycles. The van der Waals surface area contributed by atoms with Crippen LogP contribution in [0, 0.1) is 18.3 Å². The Bertz CT molecular complexity index is 1330. The van der Waals surface area contributed by atoms with Crippen LogP contribution in [0.15, 0.2) is 83.3 Å². The second-order valence-corrected chi connectivity index (χ2v) is 8.97. The van der Waals surface area contributed by atoms with Gasteiger partial charge in [-0.1, -0.05) is 54.1 Å². The summed E-state index contributed by atoms with van der Waals surface area (Å²) >= 11 is 0. The van der Waals surface area contributed by atoms with E-state index >= 15 is 0 Å². The molecule has 0 unspecified atom stereocenters. The fourth-order valence-electron chi connectivity index (χ4n) is 3.09. The number of carbonyl (C=O) groups excluding carboxylic acids is 1. The number of ether oxygens (including phenoxy) is 1. The van der Waals surface area contributed by atoms with Gasteiger partial charge in [-0.15, -0.1) is 0 Å². The molecular formula is C26H24N2O5S. The first kappa shape index (κ1) is 24.6. The van der Waals surface area contributed by atoms with Crippen molar-refractivity contribution >= 4 is 22.1 Å². The Hall–Kier alpha value is -4.09. The summed E-state index contributed by atoms with van der Waals surface area (Å²) in [5.41, 5.74) is 2.39. The van der Waals surface area contributed by atoms with Crippen molar-refractivity contribution in [3.8, 4) is 17.6 Å². The summed E-state index contributed by atoms with van der Waals surface area (Å²) in [5.74, 6) is -0.364. The molecule has 0 aliphatic rings. The molecule has 0 atom stereocenters. The lowest BCUT2D eigenvalue weighted by molar-refractivity contribution is -0.117. The summed E-state index contributed by atoms with van der Waals surface area (Å²) in [4.78, 5) is 12.4. The van der Waals surface area contributed by atoms with E-state index < -0.39 is 16.0 Å². The molecule has 0 aromatic heterocycles. The van der Waals surface area contributed by atoms with Gasteiger partial charge in [0.05, 0.1) is 7.11 Å². The first-order valence-electron chi connectivity index (χ1n) is 10.5. The van der Waals surface area contributed by atoms with E-state index in [4.69, 9.17) is 8.92 Å². The van der Waals surface area contributed by atoms with Gasteiger partial charge in [0, 0.05) is 6.54 Å². The summed E-state index contributed by atoms with van der Waals surface area (Å²) in [7, 11) is -2.69. The lowest BCUT2D eigenvalue weighted by Gasteiger charge is -2.12. The number of hydrogen-bond acceptors (Lipinski definition) is 6. The number of aryl methyl sites for hydroxylation is 1. The van der Waals surface area contributed by atoms with E-state index in [0.29, 0.717) is 18.5 Å². The van der Waals surface area contributed by atoms with Crippen LogP contribution >= 0.6 is 0 Å². The summed E-state index contributed by atoms with van der Waals surface area (Å²) in [6.07, 6.45) is 2.04. The molecule has 3 rings (SSSR count). The Labute approximate surface area is 199 Å². The maximum atomic E-state index is 12.6. The van der Waals surface area contributed by atoms with Crippen molar-refractivity contribution in [1.29, 1.82) is 5.26 Å². The van der Waals surface area contributed by atoms with E-state index in [1.54, 1.807) is 12.1 Å². The Kier molecular flexibility index (Phi) is 8.06. The molecule has 3 aromatic rings. The highest BCUT2D eigenvalue weighted by Gasteiger charge is 2.19. The summed E-state index contributed by atoms with van der Waals surface area (Å²) in [5, 5.41) is 12.2. The first-order chi connectivity index (χ1) is 16.3. The van der Waals surface area contributed by atoms with Gasteiger partial charge in [0.2, 0.25) is 0 Å². The van der Waals surface area contributed by atoms with Crippen LogP contribution in [-0.4, -0.2) is 28.0 Å². The molecule has 0 fully saturated rings. The Morgan fingerprint density at radius 3 is 2.38 bits per heavy atom. The molecule has 0 bridgehead atoms. The standard InChI is InChI=1S/C26H24N2O5S/c1-19-8-11-23(12-9-19)34(30,31)33-24-13-10-21(17-25(24)32-2)16-22(18-27)26(29)28-15-14-20-6-4-3-5-7-20/h3-13,16-17H,14-15H2,1-2H3,(H,28,29)/b22-16+. The number of nitrogens with one attached hydrogen (secondary N) is 1. The second kappa shape index (κ2) is 11.2.